The van der Waals surface area contributed by atoms with Crippen LogP contribution in [0.1, 0.15) is 45.1 Å². The normalized spacial score (nSPS) is 23.3. The average Bonchev–Trinajstić information content (AvgIpc) is 3.22. The summed E-state index contributed by atoms with van der Waals surface area (Å²) in [7, 11) is 0. The SMILES string of the molecule is CCC=CC(=O)N(CCCOC(C)C)C1C=C(C(=O)NCCO)C2c3ccccc3OC2C1O. The second kappa shape index (κ2) is 12.1. The lowest BCUT2D eigenvalue weighted by molar-refractivity contribution is -0.132. The summed E-state index contributed by atoms with van der Waals surface area (Å²) in [5.74, 6) is -0.433. The molecule has 0 spiro atoms. The minimum absolute atomic E-state index is 0.0808. The zero-order chi connectivity index (χ0) is 24.7. The monoisotopic (exact) mass is 472 g/mol. The molecule has 4 atom stereocenters. The van der Waals surface area contributed by atoms with Crippen LogP contribution in [0.15, 0.2) is 48.1 Å². The number of carbonyl (C=O) groups is 2. The average molecular weight is 473 g/mol. The van der Waals surface area contributed by atoms with E-state index in [2.05, 4.69) is 5.32 Å². The molecule has 34 heavy (non-hydrogen) atoms. The molecule has 0 radical (unpaired) electrons. The van der Waals surface area contributed by atoms with Crippen molar-refractivity contribution in [1.82, 2.24) is 10.2 Å². The number of aliphatic hydroxyl groups is 2. The van der Waals surface area contributed by atoms with Crippen molar-refractivity contribution < 1.29 is 29.3 Å². The summed E-state index contributed by atoms with van der Waals surface area (Å²) < 4.78 is 11.7. The molecular formula is C26H36N2O6. The van der Waals surface area contributed by atoms with Crippen LogP contribution in [0.2, 0.25) is 0 Å². The predicted molar refractivity (Wildman–Crippen MR) is 128 cm³/mol. The smallest absolute Gasteiger partial charge is 0.247 e. The molecule has 0 bridgehead atoms. The van der Waals surface area contributed by atoms with Gasteiger partial charge in [0.15, 0.2) is 0 Å². The second-order valence-electron chi connectivity index (χ2n) is 8.80. The Hall–Kier alpha value is -2.68. The van der Waals surface area contributed by atoms with Gasteiger partial charge in [-0.25, -0.2) is 0 Å². The Morgan fingerprint density at radius 1 is 1.29 bits per heavy atom. The number of para-hydroxylation sites is 1. The molecule has 0 saturated carbocycles. The molecule has 8 heteroatoms. The molecule has 1 aliphatic carbocycles. The molecule has 3 rings (SSSR count). The maximum atomic E-state index is 13.1. The highest BCUT2D eigenvalue weighted by atomic mass is 16.5. The van der Waals surface area contributed by atoms with Gasteiger partial charge in [0.05, 0.1) is 24.7 Å². The Kier molecular flexibility index (Phi) is 9.27. The summed E-state index contributed by atoms with van der Waals surface area (Å²) in [6, 6.07) is 6.66. The molecule has 0 saturated heterocycles. The largest absolute Gasteiger partial charge is 0.486 e. The first-order valence-corrected chi connectivity index (χ1v) is 12.0. The van der Waals surface area contributed by atoms with Gasteiger partial charge in [-0.05, 0) is 44.9 Å². The topological polar surface area (TPSA) is 108 Å². The van der Waals surface area contributed by atoms with Crippen LogP contribution in [0.3, 0.4) is 0 Å². The van der Waals surface area contributed by atoms with E-state index in [0.717, 1.165) is 5.56 Å². The summed E-state index contributed by atoms with van der Waals surface area (Å²) >= 11 is 0. The lowest BCUT2D eigenvalue weighted by Gasteiger charge is -2.40. The zero-order valence-electron chi connectivity index (χ0n) is 20.1. The van der Waals surface area contributed by atoms with E-state index in [1.165, 1.54) is 6.08 Å². The molecule has 2 amide bonds. The molecule has 1 aromatic rings. The van der Waals surface area contributed by atoms with Crippen molar-refractivity contribution in [3.63, 3.8) is 0 Å². The fourth-order valence-electron chi connectivity index (χ4n) is 4.47. The number of allylic oxidation sites excluding steroid dienone is 1. The molecule has 0 fully saturated rings. The molecule has 8 nitrogen and oxygen atoms in total. The fraction of sp³-hybridized carbons (Fsp3) is 0.538. The number of nitrogens with one attached hydrogen (secondary N) is 1. The Morgan fingerprint density at radius 2 is 2.06 bits per heavy atom. The third kappa shape index (κ3) is 5.87. The van der Waals surface area contributed by atoms with Gasteiger partial charge >= 0.3 is 0 Å². The van der Waals surface area contributed by atoms with Gasteiger partial charge in [-0.3, -0.25) is 9.59 Å². The van der Waals surface area contributed by atoms with Crippen molar-refractivity contribution in [3.8, 4) is 5.75 Å². The maximum absolute atomic E-state index is 13.1. The van der Waals surface area contributed by atoms with E-state index >= 15 is 0 Å². The fourth-order valence-corrected chi connectivity index (χ4v) is 4.47. The summed E-state index contributed by atoms with van der Waals surface area (Å²) in [6.45, 7) is 6.60. The highest BCUT2D eigenvalue weighted by Crippen LogP contribution is 2.47. The quantitative estimate of drug-likeness (QED) is 0.335. The number of benzene rings is 1. The van der Waals surface area contributed by atoms with Crippen LogP contribution in [-0.2, 0) is 14.3 Å². The number of carbonyl (C=O) groups excluding carboxylic acids is 2. The van der Waals surface area contributed by atoms with Gasteiger partial charge in [-0.2, -0.15) is 0 Å². The summed E-state index contributed by atoms with van der Waals surface area (Å²) in [4.78, 5) is 27.8. The van der Waals surface area contributed by atoms with Crippen molar-refractivity contribution in [2.75, 3.05) is 26.3 Å². The molecule has 1 heterocycles. The van der Waals surface area contributed by atoms with Crippen LogP contribution in [-0.4, -0.2) is 77.6 Å². The highest BCUT2D eigenvalue weighted by Gasteiger charge is 2.50. The van der Waals surface area contributed by atoms with Crippen molar-refractivity contribution in [3.05, 3.63) is 53.6 Å². The van der Waals surface area contributed by atoms with Crippen LogP contribution >= 0.6 is 0 Å². The number of fused-ring (bicyclic) bond motifs is 3. The van der Waals surface area contributed by atoms with E-state index in [1.807, 2.05) is 45.0 Å². The van der Waals surface area contributed by atoms with Crippen molar-refractivity contribution >= 4 is 11.8 Å². The Morgan fingerprint density at radius 3 is 2.76 bits per heavy atom. The summed E-state index contributed by atoms with van der Waals surface area (Å²) in [6.07, 6.45) is 4.60. The number of hydrogen-bond acceptors (Lipinski definition) is 6. The van der Waals surface area contributed by atoms with E-state index in [9.17, 15) is 19.8 Å². The molecule has 2 aliphatic rings. The van der Waals surface area contributed by atoms with Gasteiger partial charge in [-0.15, -0.1) is 0 Å². The number of rotatable bonds is 11. The number of amides is 2. The maximum Gasteiger partial charge on any atom is 0.247 e. The highest BCUT2D eigenvalue weighted by molar-refractivity contribution is 5.96. The number of aliphatic hydroxyl groups excluding tert-OH is 2. The minimum atomic E-state index is -1.03. The first kappa shape index (κ1) is 25.9. The molecular weight excluding hydrogens is 436 g/mol. The van der Waals surface area contributed by atoms with Crippen molar-refractivity contribution in [1.29, 1.82) is 0 Å². The standard InChI is InChI=1S/C26H36N2O6/c1-4-5-11-22(30)28(13-8-15-33-17(2)3)20-16-19(26(32)27-12-14-29)23-18-9-6-7-10-21(18)34-25(23)24(20)31/h5-7,9-11,16-17,20,23-25,29,31H,4,8,12-15H2,1-3H3,(H,27,32). The van der Waals surface area contributed by atoms with Gasteiger partial charge in [0.25, 0.3) is 0 Å². The van der Waals surface area contributed by atoms with Gasteiger partial charge in [0.2, 0.25) is 11.8 Å². The van der Waals surface area contributed by atoms with Gasteiger partial charge in [0.1, 0.15) is 18.0 Å². The number of nitrogens with zero attached hydrogens (tertiary/aromatic N) is 1. The predicted octanol–water partition coefficient (Wildman–Crippen LogP) is 1.92. The Bertz CT molecular complexity index is 912. The molecule has 186 valence electrons. The van der Waals surface area contributed by atoms with Crippen LogP contribution in [0, 0.1) is 0 Å². The van der Waals surface area contributed by atoms with Crippen molar-refractivity contribution in [2.24, 2.45) is 0 Å². The number of hydrogen-bond donors (Lipinski definition) is 3. The lowest BCUT2D eigenvalue weighted by atomic mass is 9.77. The lowest BCUT2D eigenvalue weighted by Crippen LogP contribution is -2.55. The van der Waals surface area contributed by atoms with Crippen LogP contribution in [0.25, 0.3) is 0 Å². The minimum Gasteiger partial charge on any atom is -0.486 e. The van der Waals surface area contributed by atoms with Crippen LogP contribution in [0.4, 0.5) is 0 Å². The third-order valence-corrected chi connectivity index (χ3v) is 6.01. The van der Waals surface area contributed by atoms with Crippen molar-refractivity contribution in [2.45, 2.75) is 63.9 Å². The third-order valence-electron chi connectivity index (χ3n) is 6.01. The molecule has 0 aromatic heterocycles. The van der Waals surface area contributed by atoms with Crippen LogP contribution < -0.4 is 10.1 Å². The van der Waals surface area contributed by atoms with E-state index in [-0.39, 0.29) is 31.1 Å². The zero-order valence-corrected chi connectivity index (χ0v) is 20.1. The Labute approximate surface area is 201 Å². The Balaban J connectivity index is 1.96. The van der Waals surface area contributed by atoms with E-state index in [4.69, 9.17) is 9.47 Å². The van der Waals surface area contributed by atoms with E-state index in [0.29, 0.717) is 37.3 Å². The van der Waals surface area contributed by atoms with Gasteiger partial charge in [-0.1, -0.05) is 31.2 Å². The second-order valence-corrected chi connectivity index (χ2v) is 8.80. The molecule has 1 aliphatic heterocycles. The van der Waals surface area contributed by atoms with E-state index < -0.39 is 24.2 Å². The molecule has 3 N–H and O–H groups in total. The first-order chi connectivity index (χ1) is 16.4. The molecule has 1 aromatic carbocycles. The van der Waals surface area contributed by atoms with Gasteiger partial charge < -0.3 is 29.9 Å². The first-order valence-electron chi connectivity index (χ1n) is 12.0. The summed E-state index contributed by atoms with van der Waals surface area (Å²) in [5.41, 5.74) is 1.25. The number of ether oxygens (including phenoxy) is 2. The van der Waals surface area contributed by atoms with E-state index in [1.54, 1.807) is 17.1 Å². The molecule has 4 unspecified atom stereocenters. The summed E-state index contributed by atoms with van der Waals surface area (Å²) in [5, 5.41) is 23.3. The van der Waals surface area contributed by atoms with Gasteiger partial charge in [0, 0.05) is 30.8 Å². The van der Waals surface area contributed by atoms with Crippen LogP contribution in [0.5, 0.6) is 5.75 Å².